The fourth-order valence-corrected chi connectivity index (χ4v) is 1.71. The topological polar surface area (TPSA) is 70.7 Å². The Hall–Kier alpha value is -1.66. The zero-order chi connectivity index (χ0) is 12.4. The molecule has 0 radical (unpaired) electrons. The van der Waals surface area contributed by atoms with Crippen LogP contribution in [0.15, 0.2) is 18.3 Å². The summed E-state index contributed by atoms with van der Waals surface area (Å²) in [5.74, 6) is -1.13. The van der Waals surface area contributed by atoms with Crippen LogP contribution < -0.4 is 5.32 Å². The highest BCUT2D eigenvalue weighted by molar-refractivity contribution is 6.40. The number of nitrogens with zero attached hydrogens (tertiary/aromatic N) is 2. The second-order valence-corrected chi connectivity index (χ2v) is 3.87. The van der Waals surface area contributed by atoms with E-state index in [0.717, 1.165) is 12.1 Å². The molecule has 0 unspecified atom stereocenters. The number of amides is 1. The first-order chi connectivity index (χ1) is 8.08. The SMILES string of the molecule is O=C(Nc1c(Cl)cc(F)cc1Cl)c1cn[nH]n1. The number of H-pyrrole nitrogens is 1. The predicted molar refractivity (Wildman–Crippen MR) is 60.8 cm³/mol. The maximum atomic E-state index is 12.9. The van der Waals surface area contributed by atoms with Crippen LogP contribution in [0.1, 0.15) is 10.5 Å². The van der Waals surface area contributed by atoms with Crippen LogP contribution in [0.5, 0.6) is 0 Å². The number of carbonyl (C=O) groups is 1. The molecule has 2 rings (SSSR count). The largest absolute Gasteiger partial charge is 0.318 e. The smallest absolute Gasteiger partial charge is 0.277 e. The molecule has 17 heavy (non-hydrogen) atoms. The number of nitrogens with one attached hydrogen (secondary N) is 2. The molecule has 1 aromatic carbocycles. The van der Waals surface area contributed by atoms with Gasteiger partial charge in [0.15, 0.2) is 5.69 Å². The van der Waals surface area contributed by atoms with Crippen molar-refractivity contribution in [2.45, 2.75) is 0 Å². The number of aromatic nitrogens is 3. The number of rotatable bonds is 2. The molecule has 2 aromatic rings. The normalized spacial score (nSPS) is 10.3. The minimum absolute atomic E-state index is 0.00634. The van der Waals surface area contributed by atoms with Gasteiger partial charge in [-0.05, 0) is 12.1 Å². The van der Waals surface area contributed by atoms with Crippen LogP contribution in [0.3, 0.4) is 0 Å². The van der Waals surface area contributed by atoms with Crippen LogP contribution in [0.4, 0.5) is 10.1 Å². The number of aromatic amines is 1. The summed E-state index contributed by atoms with van der Waals surface area (Å²) in [6, 6.07) is 2.09. The van der Waals surface area contributed by atoms with E-state index in [1.54, 1.807) is 0 Å². The van der Waals surface area contributed by atoms with Crippen molar-refractivity contribution in [3.05, 3.63) is 39.9 Å². The van der Waals surface area contributed by atoms with Crippen molar-refractivity contribution in [3.8, 4) is 0 Å². The second kappa shape index (κ2) is 4.68. The van der Waals surface area contributed by atoms with Gasteiger partial charge in [0.25, 0.3) is 5.91 Å². The predicted octanol–water partition coefficient (Wildman–Crippen LogP) is 2.50. The van der Waals surface area contributed by atoms with Gasteiger partial charge in [0.1, 0.15) is 5.82 Å². The van der Waals surface area contributed by atoms with Crippen molar-refractivity contribution in [1.29, 1.82) is 0 Å². The Morgan fingerprint density at radius 2 is 2.00 bits per heavy atom. The third-order valence-electron chi connectivity index (χ3n) is 1.89. The van der Waals surface area contributed by atoms with Gasteiger partial charge in [0.05, 0.1) is 21.9 Å². The van der Waals surface area contributed by atoms with Crippen molar-refractivity contribution in [2.75, 3.05) is 5.32 Å². The van der Waals surface area contributed by atoms with Crippen molar-refractivity contribution < 1.29 is 9.18 Å². The first-order valence-electron chi connectivity index (χ1n) is 4.39. The van der Waals surface area contributed by atoms with Gasteiger partial charge in [-0.2, -0.15) is 15.4 Å². The van der Waals surface area contributed by atoms with Crippen LogP contribution in [0, 0.1) is 5.82 Å². The molecule has 5 nitrogen and oxygen atoms in total. The van der Waals surface area contributed by atoms with Gasteiger partial charge >= 0.3 is 0 Å². The highest BCUT2D eigenvalue weighted by atomic mass is 35.5. The molecular formula is C9H5Cl2FN4O. The van der Waals surface area contributed by atoms with Gasteiger partial charge in [0.2, 0.25) is 0 Å². The van der Waals surface area contributed by atoms with E-state index >= 15 is 0 Å². The molecule has 88 valence electrons. The second-order valence-electron chi connectivity index (χ2n) is 3.05. The summed E-state index contributed by atoms with van der Waals surface area (Å²) in [6.45, 7) is 0. The fourth-order valence-electron chi connectivity index (χ4n) is 1.15. The first kappa shape index (κ1) is 11.8. The van der Waals surface area contributed by atoms with Crippen LogP contribution in [0.2, 0.25) is 10.0 Å². The van der Waals surface area contributed by atoms with E-state index in [-0.39, 0.29) is 21.4 Å². The third-order valence-corrected chi connectivity index (χ3v) is 2.49. The van der Waals surface area contributed by atoms with E-state index in [0.29, 0.717) is 0 Å². The molecular weight excluding hydrogens is 270 g/mol. The van der Waals surface area contributed by atoms with E-state index in [4.69, 9.17) is 23.2 Å². The lowest BCUT2D eigenvalue weighted by Gasteiger charge is -2.07. The standard InChI is InChI=1S/C9H5Cl2FN4O/c10-5-1-4(12)2-6(11)8(5)14-9(17)7-3-13-16-15-7/h1-3H,(H,14,17)(H,13,15,16). The van der Waals surface area contributed by atoms with Gasteiger partial charge in [-0.15, -0.1) is 0 Å². The molecule has 0 fully saturated rings. The highest BCUT2D eigenvalue weighted by Crippen LogP contribution is 2.31. The average molecular weight is 275 g/mol. The number of hydrogen-bond acceptors (Lipinski definition) is 3. The third kappa shape index (κ3) is 2.54. The van der Waals surface area contributed by atoms with E-state index < -0.39 is 11.7 Å². The number of hydrogen-bond donors (Lipinski definition) is 2. The minimum atomic E-state index is -0.584. The van der Waals surface area contributed by atoms with Crippen LogP contribution in [0.25, 0.3) is 0 Å². The molecule has 1 heterocycles. The fraction of sp³-hybridized carbons (Fsp3) is 0. The van der Waals surface area contributed by atoms with Crippen LogP contribution in [-0.4, -0.2) is 21.3 Å². The zero-order valence-corrected chi connectivity index (χ0v) is 9.68. The Morgan fingerprint density at radius 3 is 2.53 bits per heavy atom. The number of carbonyl (C=O) groups excluding carboxylic acids is 1. The minimum Gasteiger partial charge on any atom is -0.318 e. The molecule has 0 spiro atoms. The number of benzene rings is 1. The maximum Gasteiger partial charge on any atom is 0.277 e. The molecule has 0 aliphatic rings. The number of anilines is 1. The highest BCUT2D eigenvalue weighted by Gasteiger charge is 2.14. The summed E-state index contributed by atoms with van der Waals surface area (Å²) in [5.41, 5.74) is 0.198. The molecule has 0 aliphatic heterocycles. The maximum absolute atomic E-state index is 12.9. The van der Waals surface area contributed by atoms with Gasteiger partial charge in [0, 0.05) is 0 Å². The van der Waals surface area contributed by atoms with E-state index in [1.165, 1.54) is 6.20 Å². The Balaban J connectivity index is 2.28. The zero-order valence-electron chi connectivity index (χ0n) is 8.17. The summed E-state index contributed by atoms with van der Waals surface area (Å²) in [7, 11) is 0. The van der Waals surface area contributed by atoms with Crippen molar-refractivity contribution >= 4 is 34.8 Å². The van der Waals surface area contributed by atoms with Crippen molar-refractivity contribution in [1.82, 2.24) is 15.4 Å². The average Bonchev–Trinajstić information content (AvgIpc) is 2.76. The first-order valence-corrected chi connectivity index (χ1v) is 5.15. The Kier molecular flexibility index (Phi) is 3.26. The van der Waals surface area contributed by atoms with Gasteiger partial charge in [-0.3, -0.25) is 4.79 Å². The van der Waals surface area contributed by atoms with Gasteiger partial charge < -0.3 is 5.32 Å². The summed E-state index contributed by atoms with van der Waals surface area (Å²) >= 11 is 11.5. The van der Waals surface area contributed by atoms with E-state index in [2.05, 4.69) is 20.7 Å². The van der Waals surface area contributed by atoms with Crippen LogP contribution in [-0.2, 0) is 0 Å². The monoisotopic (exact) mass is 274 g/mol. The summed E-state index contributed by atoms with van der Waals surface area (Å²) in [6.07, 6.45) is 1.24. The van der Waals surface area contributed by atoms with Crippen molar-refractivity contribution in [2.24, 2.45) is 0 Å². The molecule has 2 N–H and O–H groups in total. The summed E-state index contributed by atoms with van der Waals surface area (Å²) < 4.78 is 12.9. The summed E-state index contributed by atoms with van der Waals surface area (Å²) in [4.78, 5) is 11.6. The lowest BCUT2D eigenvalue weighted by Crippen LogP contribution is -2.13. The molecule has 0 saturated carbocycles. The van der Waals surface area contributed by atoms with Gasteiger partial charge in [-0.1, -0.05) is 23.2 Å². The molecule has 1 aromatic heterocycles. The van der Waals surface area contributed by atoms with Crippen LogP contribution >= 0.6 is 23.2 Å². The van der Waals surface area contributed by atoms with E-state index in [9.17, 15) is 9.18 Å². The quantitative estimate of drug-likeness (QED) is 0.884. The molecule has 1 amide bonds. The lowest BCUT2D eigenvalue weighted by atomic mass is 10.3. The van der Waals surface area contributed by atoms with Gasteiger partial charge in [-0.25, -0.2) is 4.39 Å². The number of halogens is 3. The summed E-state index contributed by atoms with van der Waals surface area (Å²) in [5, 5.41) is 11.8. The van der Waals surface area contributed by atoms with E-state index in [1.807, 2.05) is 0 Å². The Bertz CT molecular complexity index is 535. The Labute approximate surface area is 105 Å². The molecule has 0 saturated heterocycles. The molecule has 0 aliphatic carbocycles. The molecule has 8 heteroatoms. The lowest BCUT2D eigenvalue weighted by molar-refractivity contribution is 0.102. The molecule has 0 atom stereocenters. The Morgan fingerprint density at radius 1 is 1.35 bits per heavy atom. The van der Waals surface area contributed by atoms with Crippen molar-refractivity contribution in [3.63, 3.8) is 0 Å². The molecule has 0 bridgehead atoms.